The Labute approximate surface area is 126 Å². The summed E-state index contributed by atoms with van der Waals surface area (Å²) in [5.74, 6) is -0.682. The normalized spacial score (nSPS) is 19.1. The van der Waals surface area contributed by atoms with Crippen molar-refractivity contribution >= 4 is 0 Å². The quantitative estimate of drug-likeness (QED) is 0.866. The lowest BCUT2D eigenvalue weighted by molar-refractivity contribution is 0.105. The minimum Gasteiger partial charge on any atom is -0.312 e. The van der Waals surface area contributed by atoms with Crippen LogP contribution >= 0.6 is 0 Å². The Kier molecular flexibility index (Phi) is 5.33. The predicted molar refractivity (Wildman–Crippen MR) is 82.4 cm³/mol. The Morgan fingerprint density at radius 3 is 2.48 bits per heavy atom. The highest BCUT2D eigenvalue weighted by atomic mass is 19.1. The summed E-state index contributed by atoms with van der Waals surface area (Å²) in [6.07, 6.45) is 5.14. The molecule has 1 aliphatic rings. The van der Waals surface area contributed by atoms with Crippen LogP contribution in [0.15, 0.2) is 18.2 Å². The third-order valence-electron chi connectivity index (χ3n) is 4.89. The maximum Gasteiger partial charge on any atom is 0.126 e. The van der Waals surface area contributed by atoms with Gasteiger partial charge in [0.05, 0.1) is 0 Å². The van der Waals surface area contributed by atoms with Crippen LogP contribution in [0.1, 0.15) is 38.2 Å². The molecule has 21 heavy (non-hydrogen) atoms. The van der Waals surface area contributed by atoms with Crippen LogP contribution in [0, 0.1) is 11.6 Å². The average Bonchev–Trinajstić information content (AvgIpc) is 2.93. The maximum absolute atomic E-state index is 14.0. The lowest BCUT2D eigenvalue weighted by Gasteiger charge is -2.44. The summed E-state index contributed by atoms with van der Waals surface area (Å²) >= 11 is 0. The summed E-state index contributed by atoms with van der Waals surface area (Å²) < 4.78 is 27.4. The molecule has 2 nitrogen and oxygen atoms in total. The molecule has 0 bridgehead atoms. The predicted octanol–water partition coefficient (Wildman–Crippen LogP) is 3.36. The van der Waals surface area contributed by atoms with Crippen LogP contribution in [-0.4, -0.2) is 37.1 Å². The van der Waals surface area contributed by atoms with Crippen LogP contribution in [-0.2, 0) is 6.42 Å². The minimum absolute atomic E-state index is 0.0365. The van der Waals surface area contributed by atoms with Crippen molar-refractivity contribution < 1.29 is 8.78 Å². The van der Waals surface area contributed by atoms with Crippen LogP contribution in [0.2, 0.25) is 0 Å². The number of nitrogens with one attached hydrogen (secondary N) is 1. The topological polar surface area (TPSA) is 15.3 Å². The third-order valence-corrected chi connectivity index (χ3v) is 4.89. The molecule has 0 aromatic heterocycles. The summed E-state index contributed by atoms with van der Waals surface area (Å²) in [4.78, 5) is 2.27. The fraction of sp³-hybridized carbons (Fsp3) is 0.647. The van der Waals surface area contributed by atoms with E-state index in [2.05, 4.69) is 31.2 Å². The smallest absolute Gasteiger partial charge is 0.126 e. The number of benzene rings is 1. The van der Waals surface area contributed by atoms with Gasteiger partial charge in [-0.2, -0.15) is 0 Å². The monoisotopic (exact) mass is 296 g/mol. The van der Waals surface area contributed by atoms with Crippen molar-refractivity contribution in [3.8, 4) is 0 Å². The van der Waals surface area contributed by atoms with Crippen LogP contribution < -0.4 is 5.32 Å². The zero-order chi connectivity index (χ0) is 15.5. The first-order chi connectivity index (χ1) is 9.99. The molecule has 0 radical (unpaired) electrons. The summed E-state index contributed by atoms with van der Waals surface area (Å²) in [7, 11) is 4.19. The standard InChI is InChI=1S/C17H26F2N2/c1-4-20-16(17(21(2)3)9-5-6-10-17)12-13-11-14(18)7-8-15(13)19/h7-8,11,16,20H,4-6,9-10,12H2,1-3H3. The molecule has 1 unspecified atom stereocenters. The second-order valence-corrected chi connectivity index (χ2v) is 6.26. The van der Waals surface area contributed by atoms with Gasteiger partial charge >= 0.3 is 0 Å². The van der Waals surface area contributed by atoms with Gasteiger partial charge in [-0.1, -0.05) is 19.8 Å². The van der Waals surface area contributed by atoms with Crippen LogP contribution in [0.25, 0.3) is 0 Å². The second-order valence-electron chi connectivity index (χ2n) is 6.26. The summed E-state index contributed by atoms with van der Waals surface area (Å²) in [5, 5.41) is 3.51. The lowest BCUT2D eigenvalue weighted by atomic mass is 9.83. The van der Waals surface area contributed by atoms with Crippen LogP contribution in [0.5, 0.6) is 0 Å². The molecule has 1 aliphatic carbocycles. The number of hydrogen-bond donors (Lipinski definition) is 1. The van der Waals surface area contributed by atoms with Crippen LogP contribution in [0.4, 0.5) is 8.78 Å². The highest BCUT2D eigenvalue weighted by Gasteiger charge is 2.42. The van der Waals surface area contributed by atoms with Crippen LogP contribution in [0.3, 0.4) is 0 Å². The molecular formula is C17H26F2N2. The van der Waals surface area contributed by atoms with Crippen molar-refractivity contribution in [3.63, 3.8) is 0 Å². The second kappa shape index (κ2) is 6.84. The van der Waals surface area contributed by atoms with Crippen molar-refractivity contribution in [2.24, 2.45) is 0 Å². The zero-order valence-corrected chi connectivity index (χ0v) is 13.3. The van der Waals surface area contributed by atoms with Gasteiger partial charge in [-0.15, -0.1) is 0 Å². The first kappa shape index (κ1) is 16.4. The van der Waals surface area contributed by atoms with Crippen molar-refractivity contribution in [2.75, 3.05) is 20.6 Å². The van der Waals surface area contributed by atoms with E-state index in [0.29, 0.717) is 12.0 Å². The van der Waals surface area contributed by atoms with Gasteiger partial charge in [0.2, 0.25) is 0 Å². The number of likely N-dealkylation sites (N-methyl/N-ethyl adjacent to an activating group) is 2. The van der Waals surface area contributed by atoms with E-state index in [1.807, 2.05) is 0 Å². The highest BCUT2D eigenvalue weighted by Crippen LogP contribution is 2.38. The van der Waals surface area contributed by atoms with E-state index >= 15 is 0 Å². The fourth-order valence-electron chi connectivity index (χ4n) is 3.71. The summed E-state index contributed by atoms with van der Waals surface area (Å²) in [6, 6.07) is 3.87. The number of hydrogen-bond acceptors (Lipinski definition) is 2. The molecule has 2 rings (SSSR count). The summed E-state index contributed by atoms with van der Waals surface area (Å²) in [5.41, 5.74) is 0.503. The van der Waals surface area contributed by atoms with Gasteiger partial charge in [0.25, 0.3) is 0 Å². The average molecular weight is 296 g/mol. The maximum atomic E-state index is 14.0. The largest absolute Gasteiger partial charge is 0.312 e. The first-order valence-electron chi connectivity index (χ1n) is 7.84. The number of nitrogens with zero attached hydrogens (tertiary/aromatic N) is 1. The highest BCUT2D eigenvalue weighted by molar-refractivity contribution is 5.21. The Balaban J connectivity index is 2.28. The van der Waals surface area contributed by atoms with Gasteiger partial charge in [0, 0.05) is 11.6 Å². The van der Waals surface area contributed by atoms with Gasteiger partial charge in [-0.3, -0.25) is 0 Å². The molecule has 1 saturated carbocycles. The van der Waals surface area contributed by atoms with Gasteiger partial charge in [0.1, 0.15) is 11.6 Å². The Hall–Kier alpha value is -1.00. The molecule has 1 atom stereocenters. The Bertz CT molecular complexity index is 468. The van der Waals surface area contributed by atoms with E-state index in [9.17, 15) is 8.78 Å². The minimum atomic E-state index is -0.369. The Morgan fingerprint density at radius 1 is 1.24 bits per heavy atom. The summed E-state index contributed by atoms with van der Waals surface area (Å²) in [6.45, 7) is 2.89. The molecule has 1 aromatic carbocycles. The third kappa shape index (κ3) is 3.43. The van der Waals surface area contributed by atoms with E-state index in [4.69, 9.17) is 0 Å². The van der Waals surface area contributed by atoms with Crippen molar-refractivity contribution in [2.45, 2.75) is 50.6 Å². The molecule has 4 heteroatoms. The van der Waals surface area contributed by atoms with Crippen molar-refractivity contribution in [3.05, 3.63) is 35.4 Å². The molecule has 0 heterocycles. The number of rotatable bonds is 6. The molecule has 1 N–H and O–H groups in total. The van der Waals surface area contributed by atoms with Gasteiger partial charge in [-0.25, -0.2) is 8.78 Å². The fourth-order valence-corrected chi connectivity index (χ4v) is 3.71. The van der Waals surface area contributed by atoms with Gasteiger partial charge < -0.3 is 10.2 Å². The van der Waals surface area contributed by atoms with E-state index in [-0.39, 0.29) is 23.2 Å². The van der Waals surface area contributed by atoms with Gasteiger partial charge in [-0.05, 0) is 63.7 Å². The van der Waals surface area contributed by atoms with E-state index in [1.165, 1.54) is 31.0 Å². The Morgan fingerprint density at radius 2 is 1.90 bits per heavy atom. The molecule has 1 fully saturated rings. The molecule has 0 aliphatic heterocycles. The SMILES string of the molecule is CCNC(Cc1cc(F)ccc1F)C1(N(C)C)CCCC1. The van der Waals surface area contributed by atoms with E-state index < -0.39 is 0 Å². The molecule has 0 saturated heterocycles. The molecule has 118 valence electrons. The molecular weight excluding hydrogens is 270 g/mol. The van der Waals surface area contributed by atoms with Crippen molar-refractivity contribution in [1.29, 1.82) is 0 Å². The van der Waals surface area contributed by atoms with Gasteiger partial charge in [0.15, 0.2) is 0 Å². The molecule has 1 aromatic rings. The first-order valence-corrected chi connectivity index (χ1v) is 7.84. The number of halogens is 2. The zero-order valence-electron chi connectivity index (χ0n) is 13.3. The molecule has 0 amide bonds. The van der Waals surface area contributed by atoms with E-state index in [0.717, 1.165) is 19.4 Å². The van der Waals surface area contributed by atoms with E-state index in [1.54, 1.807) is 0 Å². The lowest BCUT2D eigenvalue weighted by Crippen LogP contribution is -2.58. The molecule has 0 spiro atoms. The van der Waals surface area contributed by atoms with Crippen molar-refractivity contribution in [1.82, 2.24) is 10.2 Å².